The summed E-state index contributed by atoms with van der Waals surface area (Å²) in [6.45, 7) is 4.70. The second kappa shape index (κ2) is 8.62. The van der Waals surface area contributed by atoms with Gasteiger partial charge < -0.3 is 4.90 Å². The first kappa shape index (κ1) is 18.8. The number of hydrogen-bond acceptors (Lipinski definition) is 4. The molecule has 0 unspecified atom stereocenters. The molecule has 3 rings (SSSR count). The van der Waals surface area contributed by atoms with E-state index in [0.29, 0.717) is 18.7 Å². The van der Waals surface area contributed by atoms with Crippen LogP contribution in [0.3, 0.4) is 0 Å². The van der Waals surface area contributed by atoms with Crippen LogP contribution in [-0.4, -0.2) is 52.6 Å². The smallest absolute Gasteiger partial charge is 0.215 e. The molecular formula is C19H24FN3O2S. The van der Waals surface area contributed by atoms with Crippen LogP contribution >= 0.6 is 0 Å². The summed E-state index contributed by atoms with van der Waals surface area (Å²) in [5.74, 6) is -0.624. The Morgan fingerprint density at radius 3 is 2.38 bits per heavy atom. The highest BCUT2D eigenvalue weighted by Crippen LogP contribution is 2.15. The molecule has 0 radical (unpaired) electrons. The normalized spacial score (nSPS) is 16.0. The molecule has 7 heteroatoms. The molecule has 26 heavy (non-hydrogen) atoms. The number of halogens is 1. The van der Waals surface area contributed by atoms with E-state index in [9.17, 15) is 12.8 Å². The van der Waals surface area contributed by atoms with Gasteiger partial charge in [0.25, 0.3) is 0 Å². The van der Waals surface area contributed by atoms with E-state index in [1.165, 1.54) is 23.9 Å². The van der Waals surface area contributed by atoms with Gasteiger partial charge in [-0.1, -0.05) is 30.3 Å². The molecule has 5 nitrogen and oxygen atoms in total. The number of rotatable bonds is 7. The van der Waals surface area contributed by atoms with Crippen LogP contribution in [-0.2, 0) is 15.8 Å². The number of piperazine rings is 1. The minimum atomic E-state index is -3.46. The van der Waals surface area contributed by atoms with Crippen molar-refractivity contribution in [2.45, 2.75) is 5.75 Å². The fourth-order valence-electron chi connectivity index (χ4n) is 3.12. The van der Waals surface area contributed by atoms with Crippen molar-refractivity contribution in [3.63, 3.8) is 0 Å². The van der Waals surface area contributed by atoms with Crippen molar-refractivity contribution in [1.29, 1.82) is 0 Å². The van der Waals surface area contributed by atoms with Crippen LogP contribution in [0.5, 0.6) is 0 Å². The Hall–Kier alpha value is -1.96. The Morgan fingerprint density at radius 2 is 1.69 bits per heavy atom. The van der Waals surface area contributed by atoms with Crippen LogP contribution in [0.25, 0.3) is 0 Å². The summed E-state index contributed by atoms with van der Waals surface area (Å²) in [6.07, 6.45) is 0. The third-order valence-corrected chi connectivity index (χ3v) is 5.85. The van der Waals surface area contributed by atoms with E-state index >= 15 is 0 Å². The molecule has 0 aromatic heterocycles. The zero-order chi connectivity index (χ0) is 18.4. The first-order chi connectivity index (χ1) is 12.5. The van der Waals surface area contributed by atoms with Gasteiger partial charge in [-0.2, -0.15) is 0 Å². The Balaban J connectivity index is 1.41. The second-order valence-electron chi connectivity index (χ2n) is 6.45. The van der Waals surface area contributed by atoms with Crippen LogP contribution in [0.15, 0.2) is 54.6 Å². The number of nitrogens with zero attached hydrogens (tertiary/aromatic N) is 2. The van der Waals surface area contributed by atoms with E-state index in [0.717, 1.165) is 26.2 Å². The number of sulfonamides is 1. The van der Waals surface area contributed by atoms with E-state index in [-0.39, 0.29) is 5.75 Å². The molecule has 0 atom stereocenters. The number of para-hydroxylation sites is 1. The zero-order valence-electron chi connectivity index (χ0n) is 14.6. The lowest BCUT2D eigenvalue weighted by Gasteiger charge is -2.36. The van der Waals surface area contributed by atoms with Gasteiger partial charge in [0.05, 0.1) is 5.75 Å². The molecule has 140 valence electrons. The molecule has 0 saturated carbocycles. The molecule has 1 heterocycles. The van der Waals surface area contributed by atoms with E-state index in [1.807, 2.05) is 18.2 Å². The van der Waals surface area contributed by atoms with Gasteiger partial charge in [0.15, 0.2) is 0 Å². The van der Waals surface area contributed by atoms with Crippen molar-refractivity contribution < 1.29 is 12.8 Å². The summed E-state index contributed by atoms with van der Waals surface area (Å²) in [4.78, 5) is 4.59. The van der Waals surface area contributed by atoms with Crippen molar-refractivity contribution in [3.8, 4) is 0 Å². The number of nitrogens with one attached hydrogen (secondary N) is 1. The average molecular weight is 377 g/mol. The fraction of sp³-hybridized carbons (Fsp3) is 0.368. The summed E-state index contributed by atoms with van der Waals surface area (Å²) >= 11 is 0. The molecule has 1 aliphatic rings. The van der Waals surface area contributed by atoms with Crippen molar-refractivity contribution >= 4 is 15.7 Å². The SMILES string of the molecule is O=S(=O)(Cc1cccc(F)c1)NCCN1CCN(c2ccccc2)CC1. The Labute approximate surface area is 154 Å². The Morgan fingerprint density at radius 1 is 0.962 bits per heavy atom. The lowest BCUT2D eigenvalue weighted by Crippen LogP contribution is -2.48. The van der Waals surface area contributed by atoms with Crippen molar-refractivity contribution in [2.75, 3.05) is 44.2 Å². The molecule has 0 spiro atoms. The van der Waals surface area contributed by atoms with Crippen LogP contribution in [0, 0.1) is 5.82 Å². The van der Waals surface area contributed by atoms with Gasteiger partial charge >= 0.3 is 0 Å². The minimum Gasteiger partial charge on any atom is -0.369 e. The van der Waals surface area contributed by atoms with Gasteiger partial charge in [-0.05, 0) is 29.8 Å². The van der Waals surface area contributed by atoms with Gasteiger partial charge in [0.1, 0.15) is 5.82 Å². The number of hydrogen-bond donors (Lipinski definition) is 1. The quantitative estimate of drug-likeness (QED) is 0.803. The topological polar surface area (TPSA) is 52.7 Å². The molecule has 1 fully saturated rings. The molecule has 0 amide bonds. The average Bonchev–Trinajstić information content (AvgIpc) is 2.62. The largest absolute Gasteiger partial charge is 0.369 e. The highest BCUT2D eigenvalue weighted by atomic mass is 32.2. The highest BCUT2D eigenvalue weighted by molar-refractivity contribution is 7.88. The maximum absolute atomic E-state index is 13.2. The minimum absolute atomic E-state index is 0.202. The van der Waals surface area contributed by atoms with E-state index in [4.69, 9.17) is 0 Å². The molecule has 2 aromatic carbocycles. The van der Waals surface area contributed by atoms with Gasteiger partial charge in [0, 0.05) is 45.0 Å². The summed E-state index contributed by atoms with van der Waals surface area (Å²) < 4.78 is 40.0. The van der Waals surface area contributed by atoms with Crippen molar-refractivity contribution in [1.82, 2.24) is 9.62 Å². The number of anilines is 1. The predicted molar refractivity (Wildman–Crippen MR) is 102 cm³/mol. The van der Waals surface area contributed by atoms with Gasteiger partial charge in [-0.3, -0.25) is 4.90 Å². The molecule has 1 N–H and O–H groups in total. The monoisotopic (exact) mass is 377 g/mol. The van der Waals surface area contributed by atoms with Crippen molar-refractivity contribution in [2.24, 2.45) is 0 Å². The zero-order valence-corrected chi connectivity index (χ0v) is 15.5. The van der Waals surface area contributed by atoms with Crippen LogP contribution in [0.1, 0.15) is 5.56 Å². The molecule has 0 bridgehead atoms. The number of benzene rings is 2. The Kier molecular flexibility index (Phi) is 6.24. The third kappa shape index (κ3) is 5.52. The molecule has 1 saturated heterocycles. The van der Waals surface area contributed by atoms with E-state index in [1.54, 1.807) is 6.07 Å². The first-order valence-corrected chi connectivity index (χ1v) is 10.4. The predicted octanol–water partition coefficient (Wildman–Crippen LogP) is 2.07. The van der Waals surface area contributed by atoms with Crippen molar-refractivity contribution in [3.05, 3.63) is 66.0 Å². The summed E-state index contributed by atoms with van der Waals surface area (Å²) in [6, 6.07) is 16.0. The fourth-order valence-corrected chi connectivity index (χ4v) is 4.25. The standard InChI is InChI=1S/C19H24FN3O2S/c20-18-6-4-5-17(15-18)16-26(24,25)21-9-10-22-11-13-23(14-12-22)19-7-2-1-3-8-19/h1-8,15,21H,9-14,16H2. The van der Waals surface area contributed by atoms with Gasteiger partial charge in [-0.15, -0.1) is 0 Å². The van der Waals surface area contributed by atoms with Gasteiger partial charge in [-0.25, -0.2) is 17.5 Å². The lowest BCUT2D eigenvalue weighted by atomic mass is 10.2. The molecule has 0 aliphatic carbocycles. The van der Waals surface area contributed by atoms with Crippen LogP contribution < -0.4 is 9.62 Å². The van der Waals surface area contributed by atoms with Crippen LogP contribution in [0.2, 0.25) is 0 Å². The second-order valence-corrected chi connectivity index (χ2v) is 8.25. The highest BCUT2D eigenvalue weighted by Gasteiger charge is 2.18. The summed E-state index contributed by atoms with van der Waals surface area (Å²) in [5, 5.41) is 0. The Bertz CT molecular complexity index is 807. The van der Waals surface area contributed by atoms with E-state index in [2.05, 4.69) is 26.7 Å². The third-order valence-electron chi connectivity index (χ3n) is 4.49. The summed E-state index contributed by atoms with van der Waals surface area (Å²) in [5.41, 5.74) is 1.68. The van der Waals surface area contributed by atoms with E-state index < -0.39 is 15.8 Å². The maximum atomic E-state index is 13.2. The molecule has 1 aliphatic heterocycles. The van der Waals surface area contributed by atoms with Gasteiger partial charge in [0.2, 0.25) is 10.0 Å². The summed E-state index contributed by atoms with van der Waals surface area (Å²) in [7, 11) is -3.46. The van der Waals surface area contributed by atoms with Crippen LogP contribution in [0.4, 0.5) is 10.1 Å². The maximum Gasteiger partial charge on any atom is 0.215 e. The lowest BCUT2D eigenvalue weighted by molar-refractivity contribution is 0.262. The first-order valence-electron chi connectivity index (χ1n) is 8.76. The molecule has 2 aromatic rings. The molecular weight excluding hydrogens is 353 g/mol.